The molecule has 0 heteroatoms. The molecular weight excluding hydrogens is 504 g/mol. The molecule has 0 radical (unpaired) electrons. The summed E-state index contributed by atoms with van der Waals surface area (Å²) < 4.78 is 0. The van der Waals surface area contributed by atoms with E-state index in [9.17, 15) is 0 Å². The van der Waals surface area contributed by atoms with E-state index in [0.717, 1.165) is 6.42 Å². The summed E-state index contributed by atoms with van der Waals surface area (Å²) in [6, 6.07) is 62.5. The van der Waals surface area contributed by atoms with Crippen LogP contribution in [0.4, 0.5) is 0 Å². The van der Waals surface area contributed by atoms with Gasteiger partial charge in [-0.05, 0) is 78.9 Å². The lowest BCUT2D eigenvalue weighted by molar-refractivity contribution is 0.767. The zero-order chi connectivity index (χ0) is 27.9. The summed E-state index contributed by atoms with van der Waals surface area (Å²) in [4.78, 5) is 0. The smallest absolute Gasteiger partial charge is 0.0622 e. The van der Waals surface area contributed by atoms with Gasteiger partial charge < -0.3 is 0 Å². The summed E-state index contributed by atoms with van der Waals surface area (Å²) >= 11 is 0. The predicted octanol–water partition coefficient (Wildman–Crippen LogP) is 10.5. The molecular formula is C42H30. The molecule has 0 unspecified atom stereocenters. The molecule has 0 aromatic heterocycles. The van der Waals surface area contributed by atoms with Crippen molar-refractivity contribution >= 4 is 10.8 Å². The fraction of sp³-hybridized carbons (Fsp3) is 0.0476. The molecule has 0 nitrogen and oxygen atoms in total. The van der Waals surface area contributed by atoms with Gasteiger partial charge >= 0.3 is 0 Å². The van der Waals surface area contributed by atoms with Gasteiger partial charge in [0.2, 0.25) is 0 Å². The molecule has 8 rings (SSSR count). The second-order valence-corrected chi connectivity index (χ2v) is 11.3. The van der Waals surface area contributed by atoms with Crippen molar-refractivity contribution in [3.05, 3.63) is 203 Å². The van der Waals surface area contributed by atoms with Crippen molar-refractivity contribution in [2.75, 3.05) is 0 Å². The van der Waals surface area contributed by atoms with E-state index in [0.29, 0.717) is 0 Å². The Hall–Kier alpha value is -5.20. The number of hydrogen-bond donors (Lipinski definition) is 0. The number of benzene rings is 7. The first-order chi connectivity index (χ1) is 20.8. The van der Waals surface area contributed by atoms with Gasteiger partial charge in [-0.25, -0.2) is 0 Å². The molecule has 1 aliphatic carbocycles. The van der Waals surface area contributed by atoms with Crippen LogP contribution in [0, 0.1) is 0 Å². The summed E-state index contributed by atoms with van der Waals surface area (Å²) in [6.07, 6.45) is 0.890. The molecule has 0 amide bonds. The molecule has 0 bridgehead atoms. The number of rotatable bonds is 5. The fourth-order valence-corrected chi connectivity index (χ4v) is 7.02. The van der Waals surface area contributed by atoms with Crippen LogP contribution in [-0.2, 0) is 11.8 Å². The largest absolute Gasteiger partial charge is 0.0713 e. The van der Waals surface area contributed by atoms with Gasteiger partial charge in [-0.1, -0.05) is 164 Å². The van der Waals surface area contributed by atoms with Crippen LogP contribution < -0.4 is 0 Å². The normalized spacial score (nSPS) is 13.0. The van der Waals surface area contributed by atoms with Crippen LogP contribution in [0.25, 0.3) is 33.0 Å². The van der Waals surface area contributed by atoms with E-state index in [-0.39, 0.29) is 5.41 Å². The van der Waals surface area contributed by atoms with Gasteiger partial charge in [0.05, 0.1) is 5.41 Å². The third kappa shape index (κ3) is 3.91. The highest BCUT2D eigenvalue weighted by molar-refractivity contribution is 5.88. The van der Waals surface area contributed by atoms with Gasteiger partial charge in [-0.2, -0.15) is 0 Å². The third-order valence-electron chi connectivity index (χ3n) is 8.97. The molecule has 0 aliphatic heterocycles. The van der Waals surface area contributed by atoms with E-state index >= 15 is 0 Å². The SMILES string of the molecule is c1ccc(C2(c3ccccc3)c3ccccc3-c3ccc(Cc4ccc(-c5ccc6ccccc6c5)cc4)cc32)cc1. The van der Waals surface area contributed by atoms with Crippen LogP contribution in [0.15, 0.2) is 170 Å². The highest BCUT2D eigenvalue weighted by Gasteiger charge is 2.45. The molecule has 7 aromatic carbocycles. The molecule has 0 atom stereocenters. The van der Waals surface area contributed by atoms with Crippen molar-refractivity contribution in [3.8, 4) is 22.3 Å². The predicted molar refractivity (Wildman–Crippen MR) is 176 cm³/mol. The number of hydrogen-bond acceptors (Lipinski definition) is 0. The molecule has 7 aromatic rings. The third-order valence-corrected chi connectivity index (χ3v) is 8.97. The topological polar surface area (TPSA) is 0 Å². The molecule has 0 saturated heterocycles. The molecule has 0 saturated carbocycles. The highest BCUT2D eigenvalue weighted by Crippen LogP contribution is 2.56. The summed E-state index contributed by atoms with van der Waals surface area (Å²) in [7, 11) is 0. The first kappa shape index (κ1) is 24.6. The summed E-state index contributed by atoms with van der Waals surface area (Å²) in [6.45, 7) is 0. The van der Waals surface area contributed by atoms with Gasteiger partial charge in [0.15, 0.2) is 0 Å². The zero-order valence-electron chi connectivity index (χ0n) is 23.4. The second kappa shape index (κ2) is 10.0. The molecule has 42 heavy (non-hydrogen) atoms. The lowest BCUT2D eigenvalue weighted by Gasteiger charge is -2.34. The maximum atomic E-state index is 2.46. The summed E-state index contributed by atoms with van der Waals surface area (Å²) in [5.41, 5.74) is 12.8. The fourth-order valence-electron chi connectivity index (χ4n) is 7.02. The number of fused-ring (bicyclic) bond motifs is 4. The zero-order valence-corrected chi connectivity index (χ0v) is 23.4. The lowest BCUT2D eigenvalue weighted by atomic mass is 9.67. The second-order valence-electron chi connectivity index (χ2n) is 11.3. The Morgan fingerprint density at radius 3 is 1.67 bits per heavy atom. The van der Waals surface area contributed by atoms with Crippen LogP contribution >= 0.6 is 0 Å². The van der Waals surface area contributed by atoms with Crippen LogP contribution in [0.3, 0.4) is 0 Å². The van der Waals surface area contributed by atoms with Crippen molar-refractivity contribution in [2.45, 2.75) is 11.8 Å². The molecule has 0 fully saturated rings. The van der Waals surface area contributed by atoms with E-state index in [4.69, 9.17) is 0 Å². The minimum Gasteiger partial charge on any atom is -0.0622 e. The van der Waals surface area contributed by atoms with Crippen LogP contribution in [0.5, 0.6) is 0 Å². The van der Waals surface area contributed by atoms with E-state index in [1.54, 1.807) is 0 Å². The Kier molecular flexibility index (Phi) is 5.86. The Balaban J connectivity index is 1.21. The van der Waals surface area contributed by atoms with Crippen molar-refractivity contribution in [2.24, 2.45) is 0 Å². The molecule has 0 heterocycles. The molecule has 1 aliphatic rings. The van der Waals surface area contributed by atoms with E-state index in [1.807, 2.05) is 0 Å². The molecule has 0 spiro atoms. The summed E-state index contributed by atoms with van der Waals surface area (Å²) in [5, 5.41) is 2.55. The average molecular weight is 535 g/mol. The standard InChI is InChI=1S/C42H30/c1-3-13-36(14-4-1)42(37-15-5-2-6-16-37)40-18-10-9-17-38(40)39-26-21-31(28-41(39)42)27-30-19-22-33(23-20-30)35-25-24-32-11-7-8-12-34(32)29-35/h1-26,28-29H,27H2. The first-order valence-electron chi connectivity index (χ1n) is 14.7. The van der Waals surface area contributed by atoms with Crippen LogP contribution in [0.2, 0.25) is 0 Å². The lowest BCUT2D eigenvalue weighted by Crippen LogP contribution is -2.28. The minimum atomic E-state index is -0.357. The average Bonchev–Trinajstić information content (AvgIpc) is 3.36. The van der Waals surface area contributed by atoms with Gasteiger partial charge in [0, 0.05) is 0 Å². The van der Waals surface area contributed by atoms with Crippen molar-refractivity contribution in [1.29, 1.82) is 0 Å². The Morgan fingerprint density at radius 1 is 0.357 bits per heavy atom. The van der Waals surface area contributed by atoms with Crippen molar-refractivity contribution < 1.29 is 0 Å². The monoisotopic (exact) mass is 534 g/mol. The van der Waals surface area contributed by atoms with Gasteiger partial charge in [-0.15, -0.1) is 0 Å². The van der Waals surface area contributed by atoms with E-state index in [2.05, 4.69) is 170 Å². The highest BCUT2D eigenvalue weighted by atomic mass is 14.5. The van der Waals surface area contributed by atoms with E-state index in [1.165, 1.54) is 66.4 Å². The van der Waals surface area contributed by atoms with Crippen LogP contribution in [0.1, 0.15) is 33.4 Å². The molecule has 0 N–H and O–H groups in total. The van der Waals surface area contributed by atoms with Gasteiger partial charge in [0.25, 0.3) is 0 Å². The Bertz CT molecular complexity index is 1990. The van der Waals surface area contributed by atoms with Crippen LogP contribution in [-0.4, -0.2) is 0 Å². The maximum absolute atomic E-state index is 2.46. The maximum Gasteiger partial charge on any atom is 0.0713 e. The van der Waals surface area contributed by atoms with Crippen molar-refractivity contribution in [3.63, 3.8) is 0 Å². The van der Waals surface area contributed by atoms with Gasteiger partial charge in [-0.3, -0.25) is 0 Å². The summed E-state index contributed by atoms with van der Waals surface area (Å²) in [5.74, 6) is 0. The quantitative estimate of drug-likeness (QED) is 0.206. The Morgan fingerprint density at radius 2 is 0.929 bits per heavy atom. The van der Waals surface area contributed by atoms with Gasteiger partial charge in [0.1, 0.15) is 0 Å². The molecule has 198 valence electrons. The van der Waals surface area contributed by atoms with E-state index < -0.39 is 0 Å². The minimum absolute atomic E-state index is 0.357. The van der Waals surface area contributed by atoms with Crippen molar-refractivity contribution in [1.82, 2.24) is 0 Å². The Labute approximate surface area is 247 Å². The first-order valence-corrected chi connectivity index (χ1v) is 14.7.